The highest BCUT2D eigenvalue weighted by atomic mass is 16.7. The van der Waals surface area contributed by atoms with Crippen LogP contribution in [0, 0.1) is 0 Å². The molecule has 0 radical (unpaired) electrons. The van der Waals surface area contributed by atoms with Crippen LogP contribution in [0.4, 0.5) is 0 Å². The Bertz CT molecular complexity index is 155. The molecule has 0 bridgehead atoms. The van der Waals surface area contributed by atoms with Gasteiger partial charge in [0.05, 0.1) is 0 Å². The molecule has 16 heavy (non-hydrogen) atoms. The van der Waals surface area contributed by atoms with Crippen LogP contribution in [0.3, 0.4) is 0 Å². The van der Waals surface area contributed by atoms with Crippen molar-refractivity contribution in [3.05, 3.63) is 0 Å². The zero-order valence-corrected chi connectivity index (χ0v) is 10.7. The smallest absolute Gasteiger partial charge is 0.169 e. The van der Waals surface area contributed by atoms with Crippen LogP contribution in [0.2, 0.25) is 0 Å². The minimum Gasteiger partial charge on any atom is -0.352 e. The lowest BCUT2D eigenvalue weighted by Crippen LogP contribution is -2.36. The summed E-state index contributed by atoms with van der Waals surface area (Å²) in [5.41, 5.74) is 0. The van der Waals surface area contributed by atoms with Crippen LogP contribution in [0.15, 0.2) is 0 Å². The molecule has 0 unspecified atom stereocenters. The molecule has 0 aromatic heterocycles. The highest BCUT2D eigenvalue weighted by molar-refractivity contribution is 4.67. The SMILES string of the molecule is CCOC(CNCCN1CCCC1)OCC. The van der Waals surface area contributed by atoms with Gasteiger partial charge < -0.3 is 19.7 Å². The van der Waals surface area contributed by atoms with Crippen LogP contribution in [0.5, 0.6) is 0 Å². The third kappa shape index (κ3) is 5.80. The summed E-state index contributed by atoms with van der Waals surface area (Å²) in [6.45, 7) is 10.9. The second-order valence-corrected chi connectivity index (χ2v) is 4.09. The molecule has 0 aliphatic carbocycles. The monoisotopic (exact) mass is 230 g/mol. The summed E-state index contributed by atoms with van der Waals surface area (Å²) >= 11 is 0. The van der Waals surface area contributed by atoms with Crippen LogP contribution in [-0.2, 0) is 9.47 Å². The van der Waals surface area contributed by atoms with E-state index in [0.717, 1.165) is 19.6 Å². The van der Waals surface area contributed by atoms with Crippen molar-refractivity contribution in [1.82, 2.24) is 10.2 Å². The van der Waals surface area contributed by atoms with E-state index in [1.165, 1.54) is 25.9 Å². The Morgan fingerprint density at radius 3 is 2.31 bits per heavy atom. The minimum absolute atomic E-state index is 0.0893. The van der Waals surface area contributed by atoms with Gasteiger partial charge in [0.15, 0.2) is 6.29 Å². The Labute approximate surface area is 99.3 Å². The molecule has 4 heteroatoms. The molecule has 96 valence electrons. The van der Waals surface area contributed by atoms with Crippen LogP contribution < -0.4 is 5.32 Å². The zero-order valence-electron chi connectivity index (χ0n) is 10.7. The molecule has 4 nitrogen and oxygen atoms in total. The fourth-order valence-corrected chi connectivity index (χ4v) is 2.00. The molecule has 0 amide bonds. The van der Waals surface area contributed by atoms with E-state index in [9.17, 15) is 0 Å². The average molecular weight is 230 g/mol. The van der Waals surface area contributed by atoms with E-state index in [1.807, 2.05) is 13.8 Å². The standard InChI is InChI=1S/C12H26N2O2/c1-3-15-12(16-4-2)11-13-7-10-14-8-5-6-9-14/h12-13H,3-11H2,1-2H3. The van der Waals surface area contributed by atoms with E-state index in [-0.39, 0.29) is 6.29 Å². The fraction of sp³-hybridized carbons (Fsp3) is 1.00. The first kappa shape index (κ1) is 13.9. The highest BCUT2D eigenvalue weighted by Gasteiger charge is 2.11. The van der Waals surface area contributed by atoms with Crippen molar-refractivity contribution in [2.75, 3.05) is 45.9 Å². The van der Waals surface area contributed by atoms with E-state index in [2.05, 4.69) is 10.2 Å². The van der Waals surface area contributed by atoms with Gasteiger partial charge in [-0.25, -0.2) is 0 Å². The van der Waals surface area contributed by atoms with Gasteiger partial charge in [0.2, 0.25) is 0 Å². The summed E-state index contributed by atoms with van der Waals surface area (Å²) in [4.78, 5) is 2.50. The molecule has 1 rings (SSSR count). The van der Waals surface area contributed by atoms with E-state index in [4.69, 9.17) is 9.47 Å². The van der Waals surface area contributed by atoms with Gasteiger partial charge in [-0.3, -0.25) is 0 Å². The van der Waals surface area contributed by atoms with Crippen LogP contribution in [0.1, 0.15) is 26.7 Å². The molecule has 1 fully saturated rings. The summed E-state index contributed by atoms with van der Waals surface area (Å²) < 4.78 is 10.9. The van der Waals surface area contributed by atoms with Crippen LogP contribution >= 0.6 is 0 Å². The molecule has 1 N–H and O–H groups in total. The number of likely N-dealkylation sites (tertiary alicyclic amines) is 1. The lowest BCUT2D eigenvalue weighted by atomic mass is 10.4. The summed E-state index contributed by atoms with van der Waals surface area (Å²) in [6.07, 6.45) is 2.63. The number of nitrogens with zero attached hydrogens (tertiary/aromatic N) is 1. The van der Waals surface area contributed by atoms with Gasteiger partial charge in [0.1, 0.15) is 0 Å². The summed E-state index contributed by atoms with van der Waals surface area (Å²) in [6, 6.07) is 0. The molecular formula is C12H26N2O2. The van der Waals surface area contributed by atoms with Crippen molar-refractivity contribution >= 4 is 0 Å². The van der Waals surface area contributed by atoms with Crippen molar-refractivity contribution in [3.8, 4) is 0 Å². The third-order valence-corrected chi connectivity index (χ3v) is 2.82. The first-order valence-corrected chi connectivity index (χ1v) is 6.53. The normalized spacial score (nSPS) is 17.4. The van der Waals surface area contributed by atoms with Gasteiger partial charge in [-0.2, -0.15) is 0 Å². The fourth-order valence-electron chi connectivity index (χ4n) is 2.00. The van der Waals surface area contributed by atoms with Gasteiger partial charge >= 0.3 is 0 Å². The molecule has 0 spiro atoms. The number of hydrogen-bond acceptors (Lipinski definition) is 4. The minimum atomic E-state index is -0.0893. The predicted molar refractivity (Wildman–Crippen MR) is 65.6 cm³/mol. The number of nitrogens with one attached hydrogen (secondary N) is 1. The van der Waals surface area contributed by atoms with Gasteiger partial charge in [-0.1, -0.05) is 0 Å². The number of ether oxygens (including phenoxy) is 2. The van der Waals surface area contributed by atoms with E-state index in [0.29, 0.717) is 13.2 Å². The quantitative estimate of drug-likeness (QED) is 0.474. The second-order valence-electron chi connectivity index (χ2n) is 4.09. The Balaban J connectivity index is 1.98. The summed E-state index contributed by atoms with van der Waals surface area (Å²) in [7, 11) is 0. The highest BCUT2D eigenvalue weighted by Crippen LogP contribution is 2.05. The van der Waals surface area contributed by atoms with E-state index >= 15 is 0 Å². The number of hydrogen-bond donors (Lipinski definition) is 1. The van der Waals surface area contributed by atoms with Gasteiger partial charge in [0, 0.05) is 32.8 Å². The van der Waals surface area contributed by atoms with Gasteiger partial charge in [-0.05, 0) is 39.8 Å². The maximum absolute atomic E-state index is 5.46. The third-order valence-electron chi connectivity index (χ3n) is 2.82. The first-order chi connectivity index (χ1) is 7.86. The Hall–Kier alpha value is -0.160. The van der Waals surface area contributed by atoms with Crippen molar-refractivity contribution in [2.24, 2.45) is 0 Å². The van der Waals surface area contributed by atoms with Crippen molar-refractivity contribution in [2.45, 2.75) is 33.0 Å². The Morgan fingerprint density at radius 1 is 1.12 bits per heavy atom. The Morgan fingerprint density at radius 2 is 1.75 bits per heavy atom. The van der Waals surface area contributed by atoms with E-state index < -0.39 is 0 Å². The molecule has 1 aliphatic rings. The maximum atomic E-state index is 5.46. The molecule has 1 aliphatic heterocycles. The lowest BCUT2D eigenvalue weighted by Gasteiger charge is -2.19. The Kier molecular flexibility index (Phi) is 7.76. The van der Waals surface area contributed by atoms with Gasteiger partial charge in [-0.15, -0.1) is 0 Å². The molecule has 1 heterocycles. The summed E-state index contributed by atoms with van der Waals surface area (Å²) in [5, 5.41) is 3.39. The molecule has 0 aromatic rings. The zero-order chi connectivity index (χ0) is 11.6. The lowest BCUT2D eigenvalue weighted by molar-refractivity contribution is -0.132. The molecule has 0 aromatic carbocycles. The largest absolute Gasteiger partial charge is 0.352 e. The molecular weight excluding hydrogens is 204 g/mol. The van der Waals surface area contributed by atoms with E-state index in [1.54, 1.807) is 0 Å². The second kappa shape index (κ2) is 8.93. The molecule has 1 saturated heterocycles. The molecule has 0 atom stereocenters. The van der Waals surface area contributed by atoms with Crippen LogP contribution in [0.25, 0.3) is 0 Å². The van der Waals surface area contributed by atoms with Crippen molar-refractivity contribution < 1.29 is 9.47 Å². The average Bonchev–Trinajstić information content (AvgIpc) is 2.78. The number of rotatable bonds is 9. The first-order valence-electron chi connectivity index (χ1n) is 6.53. The summed E-state index contributed by atoms with van der Waals surface area (Å²) in [5.74, 6) is 0. The molecule has 0 saturated carbocycles. The predicted octanol–water partition coefficient (Wildman–Crippen LogP) is 1.07. The maximum Gasteiger partial charge on any atom is 0.169 e. The van der Waals surface area contributed by atoms with Crippen molar-refractivity contribution in [1.29, 1.82) is 0 Å². The van der Waals surface area contributed by atoms with Gasteiger partial charge in [0.25, 0.3) is 0 Å². The van der Waals surface area contributed by atoms with Crippen LogP contribution in [-0.4, -0.2) is 57.1 Å². The van der Waals surface area contributed by atoms with Crippen molar-refractivity contribution in [3.63, 3.8) is 0 Å². The topological polar surface area (TPSA) is 33.7 Å².